The summed E-state index contributed by atoms with van der Waals surface area (Å²) in [7, 11) is 4.00. The highest BCUT2D eigenvalue weighted by Gasteiger charge is 2.23. The molecule has 0 spiro atoms. The first-order valence-electron chi connectivity index (χ1n) is 11.7. The molecule has 1 aromatic heterocycles. The van der Waals surface area contributed by atoms with Crippen molar-refractivity contribution in [2.45, 2.75) is 25.8 Å². The van der Waals surface area contributed by atoms with Crippen LogP contribution in [0.15, 0.2) is 79.0 Å². The van der Waals surface area contributed by atoms with Gasteiger partial charge in [0, 0.05) is 49.1 Å². The van der Waals surface area contributed by atoms with E-state index in [0.717, 1.165) is 34.1 Å². The summed E-state index contributed by atoms with van der Waals surface area (Å²) in [6.07, 6.45) is 2.54. The molecule has 4 nitrogen and oxygen atoms in total. The van der Waals surface area contributed by atoms with E-state index in [1.807, 2.05) is 38.4 Å². The van der Waals surface area contributed by atoms with Gasteiger partial charge in [-0.05, 0) is 55.9 Å². The first-order chi connectivity index (χ1) is 16.4. The van der Waals surface area contributed by atoms with Crippen LogP contribution in [-0.4, -0.2) is 42.6 Å². The Bertz CT molecular complexity index is 1260. The van der Waals surface area contributed by atoms with Gasteiger partial charge in [-0.3, -0.25) is 4.79 Å². The second-order valence-corrected chi connectivity index (χ2v) is 9.18. The lowest BCUT2D eigenvalue weighted by Crippen LogP contribution is -2.32. The smallest absolute Gasteiger partial charge is 0.220 e. The Hall–Kier alpha value is -3.44. The molecule has 0 bridgehead atoms. The maximum absolute atomic E-state index is 13.4. The minimum Gasteiger partial charge on any atom is -0.355 e. The number of rotatable bonds is 9. The molecule has 0 aliphatic rings. The zero-order valence-electron chi connectivity index (χ0n) is 20.1. The largest absolute Gasteiger partial charge is 0.355 e. The van der Waals surface area contributed by atoms with Crippen molar-refractivity contribution >= 4 is 16.8 Å². The normalized spacial score (nSPS) is 12.3. The summed E-state index contributed by atoms with van der Waals surface area (Å²) in [5.74, 6) is -0.260. The van der Waals surface area contributed by atoms with Crippen LogP contribution in [-0.2, 0) is 11.3 Å². The monoisotopic (exact) mass is 457 g/mol. The molecule has 34 heavy (non-hydrogen) atoms. The first-order valence-corrected chi connectivity index (χ1v) is 11.7. The van der Waals surface area contributed by atoms with Gasteiger partial charge >= 0.3 is 0 Å². The van der Waals surface area contributed by atoms with E-state index in [1.54, 1.807) is 0 Å². The molecule has 3 aromatic carbocycles. The molecule has 0 aliphatic heterocycles. The third kappa shape index (κ3) is 5.72. The van der Waals surface area contributed by atoms with Crippen molar-refractivity contribution in [2.75, 3.05) is 27.2 Å². The molecule has 1 unspecified atom stereocenters. The maximum atomic E-state index is 13.4. The number of aryl methyl sites for hydroxylation is 1. The second kappa shape index (κ2) is 10.7. The molecule has 0 saturated carbocycles. The van der Waals surface area contributed by atoms with Gasteiger partial charge in [0.05, 0.1) is 0 Å². The lowest BCUT2D eigenvalue weighted by atomic mass is 9.87. The molecule has 5 heteroatoms. The zero-order chi connectivity index (χ0) is 24.1. The van der Waals surface area contributed by atoms with E-state index < -0.39 is 0 Å². The molecule has 4 aromatic rings. The number of aromatic nitrogens is 1. The van der Waals surface area contributed by atoms with Gasteiger partial charge in [-0.2, -0.15) is 0 Å². The Balaban J connectivity index is 1.71. The van der Waals surface area contributed by atoms with Crippen molar-refractivity contribution in [3.63, 3.8) is 0 Å². The number of nitrogens with one attached hydrogen (secondary N) is 1. The summed E-state index contributed by atoms with van der Waals surface area (Å²) in [6.45, 7) is 4.14. The number of carbonyl (C=O) groups is 1. The van der Waals surface area contributed by atoms with Gasteiger partial charge in [0.1, 0.15) is 5.82 Å². The molecular formula is C29H32FN3O. The molecule has 1 atom stereocenters. The van der Waals surface area contributed by atoms with Crippen LogP contribution in [0.25, 0.3) is 10.9 Å². The molecule has 176 valence electrons. The predicted molar refractivity (Wildman–Crippen MR) is 137 cm³/mol. The van der Waals surface area contributed by atoms with E-state index in [2.05, 4.69) is 64.3 Å². The standard InChI is InChI=1S/C29H32FN3O/c1-21-7-6-8-23(17-21)26(18-29(34)31-15-16-32(2)3)27-20-33(28-10-5-4-9-25(27)28)19-22-11-13-24(30)14-12-22/h4-14,17,20,26H,15-16,18-19H2,1-3H3,(H,31,34). The lowest BCUT2D eigenvalue weighted by molar-refractivity contribution is -0.121. The summed E-state index contributed by atoms with van der Waals surface area (Å²) in [5.41, 5.74) is 5.57. The molecule has 0 aliphatic carbocycles. The quantitative estimate of drug-likeness (QED) is 0.369. The number of fused-ring (bicyclic) bond motifs is 1. The number of likely N-dealkylation sites (N-methyl/N-ethyl adjacent to an activating group) is 1. The van der Waals surface area contributed by atoms with Gasteiger partial charge < -0.3 is 14.8 Å². The minimum absolute atomic E-state index is 0.0451. The van der Waals surface area contributed by atoms with E-state index in [-0.39, 0.29) is 17.6 Å². The Morgan fingerprint density at radius 3 is 2.53 bits per heavy atom. The maximum Gasteiger partial charge on any atom is 0.220 e. The van der Waals surface area contributed by atoms with E-state index >= 15 is 0 Å². The number of hydrogen-bond acceptors (Lipinski definition) is 2. The fourth-order valence-corrected chi connectivity index (χ4v) is 4.44. The van der Waals surface area contributed by atoms with Crippen LogP contribution in [0.3, 0.4) is 0 Å². The van der Waals surface area contributed by atoms with E-state index in [0.29, 0.717) is 19.5 Å². The van der Waals surface area contributed by atoms with Crippen molar-refractivity contribution in [1.29, 1.82) is 0 Å². The van der Waals surface area contributed by atoms with Gasteiger partial charge in [0.15, 0.2) is 0 Å². The van der Waals surface area contributed by atoms with Crippen molar-refractivity contribution in [2.24, 2.45) is 0 Å². The summed E-state index contributed by atoms with van der Waals surface area (Å²) in [6, 6.07) is 23.3. The Kier molecular flexibility index (Phi) is 7.43. The van der Waals surface area contributed by atoms with Gasteiger partial charge in [-0.1, -0.05) is 60.2 Å². The average molecular weight is 458 g/mol. The Labute approximate surface area is 201 Å². The van der Waals surface area contributed by atoms with Gasteiger partial charge in [0.25, 0.3) is 0 Å². The molecular weight excluding hydrogens is 425 g/mol. The molecule has 1 N–H and O–H groups in total. The van der Waals surface area contributed by atoms with Crippen LogP contribution in [0, 0.1) is 12.7 Å². The molecule has 1 amide bonds. The number of benzene rings is 3. The molecule has 1 heterocycles. The summed E-state index contributed by atoms with van der Waals surface area (Å²) >= 11 is 0. The van der Waals surface area contributed by atoms with Crippen LogP contribution in [0.2, 0.25) is 0 Å². The zero-order valence-corrected chi connectivity index (χ0v) is 20.1. The Morgan fingerprint density at radius 1 is 1.03 bits per heavy atom. The SMILES string of the molecule is Cc1cccc(C(CC(=O)NCCN(C)C)c2cn(Cc3ccc(F)cc3)c3ccccc23)c1. The van der Waals surface area contributed by atoms with Crippen LogP contribution in [0.5, 0.6) is 0 Å². The predicted octanol–water partition coefficient (Wildman–Crippen LogP) is 5.34. The topological polar surface area (TPSA) is 37.3 Å². The molecule has 0 saturated heterocycles. The first kappa shape index (κ1) is 23.7. The van der Waals surface area contributed by atoms with Crippen molar-refractivity contribution in [1.82, 2.24) is 14.8 Å². The third-order valence-corrected chi connectivity index (χ3v) is 6.18. The number of nitrogens with zero attached hydrogens (tertiary/aromatic N) is 2. The van der Waals surface area contributed by atoms with Crippen LogP contribution < -0.4 is 5.32 Å². The van der Waals surface area contributed by atoms with Crippen LogP contribution in [0.4, 0.5) is 4.39 Å². The highest BCUT2D eigenvalue weighted by atomic mass is 19.1. The van der Waals surface area contributed by atoms with E-state index in [9.17, 15) is 9.18 Å². The van der Waals surface area contributed by atoms with Crippen LogP contribution in [0.1, 0.15) is 34.6 Å². The molecule has 4 rings (SSSR count). The summed E-state index contributed by atoms with van der Waals surface area (Å²) < 4.78 is 15.6. The van der Waals surface area contributed by atoms with Crippen molar-refractivity contribution in [3.05, 3.63) is 107 Å². The highest BCUT2D eigenvalue weighted by molar-refractivity contribution is 5.86. The Morgan fingerprint density at radius 2 is 1.79 bits per heavy atom. The fourth-order valence-electron chi connectivity index (χ4n) is 4.44. The average Bonchev–Trinajstić information content (AvgIpc) is 3.17. The number of carbonyl (C=O) groups excluding carboxylic acids is 1. The van der Waals surface area contributed by atoms with Gasteiger partial charge in [-0.25, -0.2) is 4.39 Å². The lowest BCUT2D eigenvalue weighted by Gasteiger charge is -2.18. The number of hydrogen-bond donors (Lipinski definition) is 1. The van der Waals surface area contributed by atoms with E-state index in [4.69, 9.17) is 0 Å². The molecule has 0 fully saturated rings. The number of amides is 1. The summed E-state index contributed by atoms with van der Waals surface area (Å²) in [4.78, 5) is 15.0. The van der Waals surface area contributed by atoms with Gasteiger partial charge in [-0.15, -0.1) is 0 Å². The number of halogens is 1. The van der Waals surface area contributed by atoms with E-state index in [1.165, 1.54) is 17.7 Å². The fraction of sp³-hybridized carbons (Fsp3) is 0.276. The second-order valence-electron chi connectivity index (χ2n) is 9.18. The summed E-state index contributed by atoms with van der Waals surface area (Å²) in [5, 5.41) is 4.21. The third-order valence-electron chi connectivity index (χ3n) is 6.18. The van der Waals surface area contributed by atoms with Crippen LogP contribution >= 0.6 is 0 Å². The van der Waals surface area contributed by atoms with Crippen molar-refractivity contribution in [3.8, 4) is 0 Å². The highest BCUT2D eigenvalue weighted by Crippen LogP contribution is 2.35. The molecule has 0 radical (unpaired) electrons. The van der Waals surface area contributed by atoms with Crippen molar-refractivity contribution < 1.29 is 9.18 Å². The minimum atomic E-state index is -0.235. The number of para-hydroxylation sites is 1. The van der Waals surface area contributed by atoms with Gasteiger partial charge in [0.2, 0.25) is 5.91 Å².